The molecule has 23 heavy (non-hydrogen) atoms. The average molecular weight is 310 g/mol. The molecule has 1 aliphatic rings. The third-order valence-corrected chi connectivity index (χ3v) is 4.63. The molecule has 0 aromatic carbocycles. The Bertz CT molecular complexity index is 846. The molecule has 1 saturated heterocycles. The normalized spacial score (nSPS) is 19.0. The van der Waals surface area contributed by atoms with Gasteiger partial charge in [-0.3, -0.25) is 4.90 Å². The van der Waals surface area contributed by atoms with Crippen LogP contribution in [0.2, 0.25) is 0 Å². The van der Waals surface area contributed by atoms with Gasteiger partial charge in [-0.15, -0.1) is 0 Å². The van der Waals surface area contributed by atoms with Crippen molar-refractivity contribution in [1.29, 1.82) is 0 Å². The quantitative estimate of drug-likeness (QED) is 0.807. The number of rotatable bonds is 3. The summed E-state index contributed by atoms with van der Waals surface area (Å²) < 4.78 is 1.94. The number of aromatic amines is 1. The third-order valence-electron chi connectivity index (χ3n) is 4.63. The number of hydrogen-bond acceptors (Lipinski definition) is 4. The fourth-order valence-corrected chi connectivity index (χ4v) is 3.51. The molecule has 0 spiro atoms. The van der Waals surface area contributed by atoms with E-state index in [0.717, 1.165) is 54.6 Å². The highest BCUT2D eigenvalue weighted by molar-refractivity contribution is 5.47. The topological polar surface area (TPSA) is 62.1 Å². The average Bonchev–Trinajstić information content (AvgIpc) is 3.20. The van der Waals surface area contributed by atoms with Crippen molar-refractivity contribution in [2.24, 2.45) is 0 Å². The Labute approximate surface area is 135 Å². The molecule has 1 atom stereocenters. The van der Waals surface area contributed by atoms with E-state index in [4.69, 9.17) is 0 Å². The minimum atomic E-state index is 0.502. The zero-order chi connectivity index (χ0) is 16.0. The fraction of sp³-hybridized carbons (Fsp3) is 0.471. The molecule has 0 aliphatic carbocycles. The first kappa shape index (κ1) is 14.4. The molecule has 3 aromatic rings. The van der Waals surface area contributed by atoms with Gasteiger partial charge in [-0.05, 0) is 39.8 Å². The van der Waals surface area contributed by atoms with Crippen molar-refractivity contribution < 1.29 is 0 Å². The first-order valence-electron chi connectivity index (χ1n) is 8.15. The lowest BCUT2D eigenvalue weighted by Gasteiger charge is -2.14. The van der Waals surface area contributed by atoms with Crippen molar-refractivity contribution in [2.75, 3.05) is 13.1 Å². The van der Waals surface area contributed by atoms with E-state index in [2.05, 4.69) is 44.9 Å². The number of fused-ring (bicyclic) bond motifs is 1. The molecule has 6 heteroatoms. The molecule has 0 radical (unpaired) electrons. The van der Waals surface area contributed by atoms with Gasteiger partial charge in [0.25, 0.3) is 0 Å². The van der Waals surface area contributed by atoms with Crippen molar-refractivity contribution in [3.63, 3.8) is 0 Å². The van der Waals surface area contributed by atoms with Crippen molar-refractivity contribution in [3.8, 4) is 0 Å². The Morgan fingerprint density at radius 1 is 1.26 bits per heavy atom. The predicted molar refractivity (Wildman–Crippen MR) is 88.4 cm³/mol. The number of H-pyrrole nitrogens is 1. The molecule has 3 aromatic heterocycles. The number of imidazole rings is 1. The molecule has 0 saturated carbocycles. The molecule has 0 amide bonds. The molecule has 1 fully saturated rings. The smallest absolute Gasteiger partial charge is 0.159 e. The van der Waals surface area contributed by atoms with E-state index >= 15 is 0 Å². The van der Waals surface area contributed by atoms with E-state index in [-0.39, 0.29) is 0 Å². The van der Waals surface area contributed by atoms with Crippen molar-refractivity contribution >= 4 is 5.65 Å². The number of likely N-dealkylation sites (tertiary alicyclic amines) is 1. The number of hydrogen-bond donors (Lipinski definition) is 1. The summed E-state index contributed by atoms with van der Waals surface area (Å²) in [7, 11) is 0. The summed E-state index contributed by atoms with van der Waals surface area (Å²) in [6, 6.07) is 2.06. The Hall–Kier alpha value is -2.21. The van der Waals surface area contributed by atoms with Gasteiger partial charge in [-0.2, -0.15) is 5.10 Å². The Kier molecular flexibility index (Phi) is 3.41. The summed E-state index contributed by atoms with van der Waals surface area (Å²) in [5, 5.41) is 4.49. The molecule has 1 aliphatic heterocycles. The predicted octanol–water partition coefficient (Wildman–Crippen LogP) is 2.37. The van der Waals surface area contributed by atoms with Gasteiger partial charge in [-0.1, -0.05) is 0 Å². The molecule has 4 heterocycles. The van der Waals surface area contributed by atoms with Crippen LogP contribution in [0.1, 0.15) is 40.8 Å². The number of aryl methyl sites for hydroxylation is 3. The maximum absolute atomic E-state index is 4.67. The van der Waals surface area contributed by atoms with Crippen molar-refractivity contribution in [3.05, 3.63) is 46.9 Å². The van der Waals surface area contributed by atoms with Crippen LogP contribution in [0.4, 0.5) is 0 Å². The molecule has 120 valence electrons. The maximum Gasteiger partial charge on any atom is 0.159 e. The molecule has 4 rings (SSSR count). The molecule has 0 bridgehead atoms. The SMILES string of the molecule is Cc1cc(C)n2ncc(CN3CCC(c4ncc(C)[nH]4)C3)c2n1. The summed E-state index contributed by atoms with van der Waals surface area (Å²) in [5.74, 6) is 1.62. The van der Waals surface area contributed by atoms with Gasteiger partial charge in [0.05, 0.1) is 6.20 Å². The Morgan fingerprint density at radius 3 is 2.91 bits per heavy atom. The third kappa shape index (κ3) is 2.63. The lowest BCUT2D eigenvalue weighted by molar-refractivity contribution is 0.327. The maximum atomic E-state index is 4.67. The number of nitrogens with one attached hydrogen (secondary N) is 1. The van der Waals surface area contributed by atoms with Crippen LogP contribution in [0.3, 0.4) is 0 Å². The van der Waals surface area contributed by atoms with Crippen LogP contribution in [-0.2, 0) is 6.54 Å². The van der Waals surface area contributed by atoms with E-state index < -0.39 is 0 Å². The lowest BCUT2D eigenvalue weighted by Crippen LogP contribution is -2.20. The second-order valence-corrected chi connectivity index (χ2v) is 6.62. The zero-order valence-corrected chi connectivity index (χ0v) is 13.9. The standard InChI is InChI=1S/C17H22N6/c1-11-6-13(3)23-17(21-11)15(8-19-23)10-22-5-4-14(9-22)16-18-7-12(2)20-16/h6-8,14H,4-5,9-10H2,1-3H3,(H,18,20). The first-order valence-corrected chi connectivity index (χ1v) is 8.15. The highest BCUT2D eigenvalue weighted by atomic mass is 15.3. The first-order chi connectivity index (χ1) is 11.1. The van der Waals surface area contributed by atoms with Gasteiger partial charge in [-0.25, -0.2) is 14.5 Å². The largest absolute Gasteiger partial charge is 0.346 e. The summed E-state index contributed by atoms with van der Waals surface area (Å²) >= 11 is 0. The van der Waals surface area contributed by atoms with E-state index in [0.29, 0.717) is 5.92 Å². The minimum absolute atomic E-state index is 0.502. The second kappa shape index (κ2) is 5.45. The monoisotopic (exact) mass is 310 g/mol. The summed E-state index contributed by atoms with van der Waals surface area (Å²) in [5.41, 5.74) is 5.50. The van der Waals surface area contributed by atoms with Gasteiger partial charge in [0, 0.05) is 47.8 Å². The van der Waals surface area contributed by atoms with Crippen LogP contribution < -0.4 is 0 Å². The fourth-order valence-electron chi connectivity index (χ4n) is 3.51. The van der Waals surface area contributed by atoms with E-state index in [1.807, 2.05) is 23.8 Å². The van der Waals surface area contributed by atoms with Crippen LogP contribution in [0.15, 0.2) is 18.5 Å². The van der Waals surface area contributed by atoms with Crippen LogP contribution in [0.25, 0.3) is 5.65 Å². The van der Waals surface area contributed by atoms with Crippen molar-refractivity contribution in [2.45, 2.75) is 39.7 Å². The number of aromatic nitrogens is 5. The van der Waals surface area contributed by atoms with Gasteiger partial charge in [0.1, 0.15) is 5.82 Å². The molecule has 6 nitrogen and oxygen atoms in total. The molecular weight excluding hydrogens is 288 g/mol. The highest BCUT2D eigenvalue weighted by Gasteiger charge is 2.26. The van der Waals surface area contributed by atoms with E-state index in [1.165, 1.54) is 5.56 Å². The molecule has 1 N–H and O–H groups in total. The summed E-state index contributed by atoms with van der Waals surface area (Å²) in [6.07, 6.45) is 5.02. The van der Waals surface area contributed by atoms with Gasteiger partial charge in [0.15, 0.2) is 5.65 Å². The van der Waals surface area contributed by atoms with Crippen LogP contribution >= 0.6 is 0 Å². The van der Waals surface area contributed by atoms with E-state index in [9.17, 15) is 0 Å². The van der Waals surface area contributed by atoms with Crippen LogP contribution in [0, 0.1) is 20.8 Å². The van der Waals surface area contributed by atoms with Gasteiger partial charge >= 0.3 is 0 Å². The number of nitrogens with zero attached hydrogens (tertiary/aromatic N) is 5. The highest BCUT2D eigenvalue weighted by Crippen LogP contribution is 2.27. The zero-order valence-electron chi connectivity index (χ0n) is 13.9. The summed E-state index contributed by atoms with van der Waals surface area (Å²) in [6.45, 7) is 9.19. The van der Waals surface area contributed by atoms with Crippen LogP contribution in [-0.4, -0.2) is 42.6 Å². The molecular formula is C17H22N6. The van der Waals surface area contributed by atoms with Crippen molar-refractivity contribution in [1.82, 2.24) is 29.5 Å². The van der Waals surface area contributed by atoms with Gasteiger partial charge in [0.2, 0.25) is 0 Å². The van der Waals surface area contributed by atoms with Crippen LogP contribution in [0.5, 0.6) is 0 Å². The van der Waals surface area contributed by atoms with E-state index in [1.54, 1.807) is 0 Å². The Balaban J connectivity index is 1.53. The summed E-state index contributed by atoms with van der Waals surface area (Å²) in [4.78, 5) is 15.0. The second-order valence-electron chi connectivity index (χ2n) is 6.62. The Morgan fingerprint density at radius 2 is 2.13 bits per heavy atom. The minimum Gasteiger partial charge on any atom is -0.346 e. The van der Waals surface area contributed by atoms with Gasteiger partial charge < -0.3 is 4.98 Å². The molecule has 1 unspecified atom stereocenters. The lowest BCUT2D eigenvalue weighted by atomic mass is 10.1.